The molecule has 8 heteroatoms. The minimum Gasteiger partial charge on any atom is -0.494 e. The van der Waals surface area contributed by atoms with E-state index < -0.39 is 0 Å². The van der Waals surface area contributed by atoms with Crippen LogP contribution in [0, 0.1) is 13.8 Å². The van der Waals surface area contributed by atoms with Crippen LogP contribution in [0.1, 0.15) is 21.8 Å². The van der Waals surface area contributed by atoms with Gasteiger partial charge < -0.3 is 19.1 Å². The Bertz CT molecular complexity index is 957. The van der Waals surface area contributed by atoms with E-state index in [-0.39, 0.29) is 5.91 Å². The number of nitrogens with zero attached hydrogens (tertiary/aromatic N) is 4. The van der Waals surface area contributed by atoms with Gasteiger partial charge in [0.25, 0.3) is 5.91 Å². The predicted molar refractivity (Wildman–Crippen MR) is 100 cm³/mol. The van der Waals surface area contributed by atoms with Crippen LogP contribution in [0.25, 0.3) is 10.2 Å². The topological polar surface area (TPSA) is 71.7 Å². The number of fused-ring (bicyclic) bond motifs is 1. The molecule has 1 amide bonds. The zero-order valence-electron chi connectivity index (χ0n) is 15.0. The first-order chi connectivity index (χ1) is 12.6. The van der Waals surface area contributed by atoms with E-state index >= 15 is 0 Å². The SMILES string of the molecule is COc1ccc(C)c2sc(N3CCN(C(=O)c4cc(C)on4)CC3)nc12. The van der Waals surface area contributed by atoms with Gasteiger partial charge in [-0.2, -0.15) is 0 Å². The van der Waals surface area contributed by atoms with Gasteiger partial charge in [-0.15, -0.1) is 0 Å². The number of ether oxygens (including phenoxy) is 1. The number of methoxy groups -OCH3 is 1. The molecule has 4 rings (SSSR count). The van der Waals surface area contributed by atoms with Gasteiger partial charge in [0, 0.05) is 32.2 Å². The summed E-state index contributed by atoms with van der Waals surface area (Å²) >= 11 is 1.67. The van der Waals surface area contributed by atoms with Gasteiger partial charge in [0.2, 0.25) is 0 Å². The number of piperazine rings is 1. The second-order valence-corrected chi connectivity index (χ2v) is 7.34. The van der Waals surface area contributed by atoms with Gasteiger partial charge in [-0.3, -0.25) is 4.79 Å². The third-order valence-corrected chi connectivity index (χ3v) is 5.85. The van der Waals surface area contributed by atoms with E-state index in [1.54, 1.807) is 31.4 Å². The monoisotopic (exact) mass is 372 g/mol. The van der Waals surface area contributed by atoms with Gasteiger partial charge in [0.15, 0.2) is 10.8 Å². The fraction of sp³-hybridized carbons (Fsp3) is 0.389. The summed E-state index contributed by atoms with van der Waals surface area (Å²) in [5.74, 6) is 1.36. The van der Waals surface area contributed by atoms with Crippen LogP contribution in [0.3, 0.4) is 0 Å². The molecule has 1 saturated heterocycles. The normalized spacial score (nSPS) is 14.9. The third-order valence-electron chi connectivity index (χ3n) is 4.60. The van der Waals surface area contributed by atoms with Crippen LogP contribution in [-0.4, -0.2) is 54.2 Å². The molecule has 0 atom stereocenters. The van der Waals surface area contributed by atoms with Crippen molar-refractivity contribution in [2.75, 3.05) is 38.2 Å². The molecule has 0 saturated carbocycles. The highest BCUT2D eigenvalue weighted by atomic mass is 32.1. The first-order valence-electron chi connectivity index (χ1n) is 8.48. The van der Waals surface area contributed by atoms with Gasteiger partial charge in [-0.1, -0.05) is 22.6 Å². The number of carbonyl (C=O) groups excluding carboxylic acids is 1. The summed E-state index contributed by atoms with van der Waals surface area (Å²) in [4.78, 5) is 21.3. The Morgan fingerprint density at radius 1 is 1.23 bits per heavy atom. The van der Waals surface area contributed by atoms with Crippen molar-refractivity contribution in [3.05, 3.63) is 35.2 Å². The van der Waals surface area contributed by atoms with Crippen LogP contribution in [0.4, 0.5) is 5.13 Å². The minimum atomic E-state index is -0.0803. The van der Waals surface area contributed by atoms with E-state index in [1.807, 2.05) is 11.0 Å². The fourth-order valence-electron chi connectivity index (χ4n) is 3.13. The number of anilines is 1. The van der Waals surface area contributed by atoms with Crippen molar-refractivity contribution < 1.29 is 14.1 Å². The van der Waals surface area contributed by atoms with Gasteiger partial charge in [0.1, 0.15) is 17.0 Å². The highest BCUT2D eigenvalue weighted by Gasteiger charge is 2.26. The first kappa shape index (κ1) is 16.8. The van der Waals surface area contributed by atoms with Crippen molar-refractivity contribution in [2.45, 2.75) is 13.8 Å². The van der Waals surface area contributed by atoms with Crippen LogP contribution < -0.4 is 9.64 Å². The van der Waals surface area contributed by atoms with Crippen molar-refractivity contribution in [1.82, 2.24) is 15.0 Å². The van der Waals surface area contributed by atoms with E-state index in [9.17, 15) is 4.79 Å². The molecule has 1 fully saturated rings. The van der Waals surface area contributed by atoms with E-state index in [0.29, 0.717) is 24.5 Å². The zero-order chi connectivity index (χ0) is 18.3. The number of rotatable bonds is 3. The molecule has 1 aliphatic rings. The molecule has 1 aromatic carbocycles. The Kier molecular flexibility index (Phi) is 4.28. The van der Waals surface area contributed by atoms with Crippen LogP contribution in [0.2, 0.25) is 0 Å². The van der Waals surface area contributed by atoms with Crippen LogP contribution in [-0.2, 0) is 0 Å². The zero-order valence-corrected chi connectivity index (χ0v) is 15.8. The molecule has 1 aliphatic heterocycles. The molecular formula is C18H20N4O3S. The van der Waals surface area contributed by atoms with E-state index in [0.717, 1.165) is 34.2 Å². The fourth-order valence-corrected chi connectivity index (χ4v) is 4.23. The quantitative estimate of drug-likeness (QED) is 0.704. The molecule has 7 nitrogen and oxygen atoms in total. The maximum absolute atomic E-state index is 12.5. The smallest absolute Gasteiger partial charge is 0.276 e. The van der Waals surface area contributed by atoms with Gasteiger partial charge in [0.05, 0.1) is 11.8 Å². The Morgan fingerprint density at radius 2 is 2.00 bits per heavy atom. The standard InChI is InChI=1S/C18H20N4O3S/c1-11-4-5-14(24-3)15-16(11)26-18(19-15)22-8-6-21(7-9-22)17(23)13-10-12(2)25-20-13/h4-5,10H,6-9H2,1-3H3. The molecule has 3 aromatic rings. The number of carbonyl (C=O) groups is 1. The summed E-state index contributed by atoms with van der Waals surface area (Å²) < 4.78 is 11.6. The Balaban J connectivity index is 1.50. The predicted octanol–water partition coefficient (Wildman–Crippen LogP) is 2.87. The summed E-state index contributed by atoms with van der Waals surface area (Å²) in [5.41, 5.74) is 2.47. The Morgan fingerprint density at radius 3 is 2.65 bits per heavy atom. The van der Waals surface area contributed by atoms with Crippen molar-refractivity contribution in [3.63, 3.8) is 0 Å². The first-order valence-corrected chi connectivity index (χ1v) is 9.30. The molecule has 136 valence electrons. The van der Waals surface area contributed by atoms with Gasteiger partial charge in [-0.25, -0.2) is 4.98 Å². The summed E-state index contributed by atoms with van der Waals surface area (Å²) in [6, 6.07) is 5.69. The molecule has 0 bridgehead atoms. The van der Waals surface area contributed by atoms with Crippen LogP contribution >= 0.6 is 11.3 Å². The molecule has 0 spiro atoms. The minimum absolute atomic E-state index is 0.0803. The summed E-state index contributed by atoms with van der Waals surface area (Å²) in [6.45, 7) is 6.62. The van der Waals surface area contributed by atoms with Gasteiger partial charge >= 0.3 is 0 Å². The number of aryl methyl sites for hydroxylation is 2. The molecule has 0 radical (unpaired) electrons. The maximum atomic E-state index is 12.5. The lowest BCUT2D eigenvalue weighted by atomic mass is 10.2. The van der Waals surface area contributed by atoms with Gasteiger partial charge in [-0.05, 0) is 25.5 Å². The summed E-state index contributed by atoms with van der Waals surface area (Å²) in [5, 5.41) is 4.79. The third kappa shape index (κ3) is 2.90. The molecular weight excluding hydrogens is 352 g/mol. The van der Waals surface area contributed by atoms with Crippen molar-refractivity contribution in [3.8, 4) is 5.75 Å². The highest BCUT2D eigenvalue weighted by Crippen LogP contribution is 2.36. The highest BCUT2D eigenvalue weighted by molar-refractivity contribution is 7.22. The van der Waals surface area contributed by atoms with Crippen molar-refractivity contribution in [2.24, 2.45) is 0 Å². The Labute approximate surface area is 155 Å². The van der Waals surface area contributed by atoms with Crippen LogP contribution in [0.5, 0.6) is 5.75 Å². The maximum Gasteiger partial charge on any atom is 0.276 e. The second kappa shape index (κ2) is 6.60. The van der Waals surface area contributed by atoms with E-state index in [1.165, 1.54) is 5.56 Å². The molecule has 0 aliphatic carbocycles. The largest absolute Gasteiger partial charge is 0.494 e. The summed E-state index contributed by atoms with van der Waals surface area (Å²) in [7, 11) is 1.67. The number of aromatic nitrogens is 2. The average Bonchev–Trinajstić information content (AvgIpc) is 3.29. The van der Waals surface area contributed by atoms with Crippen LogP contribution in [0.15, 0.2) is 22.7 Å². The Hall–Kier alpha value is -2.61. The molecule has 2 aromatic heterocycles. The molecule has 26 heavy (non-hydrogen) atoms. The molecule has 0 unspecified atom stereocenters. The number of amides is 1. The molecule has 0 N–H and O–H groups in total. The number of hydrogen-bond acceptors (Lipinski definition) is 7. The number of thiazole rings is 1. The molecule has 3 heterocycles. The lowest BCUT2D eigenvalue weighted by Gasteiger charge is -2.34. The lowest BCUT2D eigenvalue weighted by molar-refractivity contribution is 0.0736. The average molecular weight is 372 g/mol. The number of benzene rings is 1. The summed E-state index contributed by atoms with van der Waals surface area (Å²) in [6.07, 6.45) is 0. The van der Waals surface area contributed by atoms with E-state index in [2.05, 4.69) is 23.0 Å². The van der Waals surface area contributed by atoms with E-state index in [4.69, 9.17) is 14.2 Å². The van der Waals surface area contributed by atoms with Crippen molar-refractivity contribution in [1.29, 1.82) is 0 Å². The number of hydrogen-bond donors (Lipinski definition) is 0. The second-order valence-electron chi connectivity index (χ2n) is 6.36. The lowest BCUT2D eigenvalue weighted by Crippen LogP contribution is -2.48. The van der Waals surface area contributed by atoms with Crippen molar-refractivity contribution >= 4 is 32.6 Å².